The number of hydrogen-bond donors (Lipinski definition) is 0. The number of hydrogen-bond acceptors (Lipinski definition) is 5. The van der Waals surface area contributed by atoms with Gasteiger partial charge in [0.15, 0.2) is 0 Å². The monoisotopic (exact) mass is 372 g/mol. The highest BCUT2D eigenvalue weighted by molar-refractivity contribution is 7.89. The molecular weight excluding hydrogens is 352 g/mol. The summed E-state index contributed by atoms with van der Waals surface area (Å²) >= 11 is 6.01. The van der Waals surface area contributed by atoms with Gasteiger partial charge in [-0.15, -0.1) is 5.06 Å². The summed E-state index contributed by atoms with van der Waals surface area (Å²) in [5.74, 6) is -0.188. The summed E-state index contributed by atoms with van der Waals surface area (Å²) in [6, 6.07) is 6.41. The van der Waals surface area contributed by atoms with Crippen molar-refractivity contribution in [3.63, 3.8) is 0 Å². The van der Waals surface area contributed by atoms with Crippen LogP contribution < -0.4 is 0 Å². The Labute approximate surface area is 147 Å². The van der Waals surface area contributed by atoms with E-state index in [2.05, 4.69) is 0 Å². The molecule has 1 aliphatic heterocycles. The van der Waals surface area contributed by atoms with Crippen molar-refractivity contribution in [2.24, 2.45) is 5.41 Å². The van der Waals surface area contributed by atoms with Crippen LogP contribution in [0.1, 0.15) is 26.2 Å². The first-order valence-electron chi connectivity index (χ1n) is 8.11. The lowest BCUT2D eigenvalue weighted by molar-refractivity contribution is -0.202. The highest BCUT2D eigenvalue weighted by Gasteiger charge is 2.50. The SMILES string of the molecule is CCC1(C(=O)ON2CCN(S(=O)(=O)c3ccccc3Cl)CC2)CC1. The average molecular weight is 373 g/mol. The fourth-order valence-corrected chi connectivity index (χ4v) is 4.78. The third-order valence-electron chi connectivity index (χ3n) is 4.83. The fourth-order valence-electron chi connectivity index (χ4n) is 2.86. The molecule has 1 aromatic carbocycles. The van der Waals surface area contributed by atoms with Crippen LogP contribution in [0.4, 0.5) is 0 Å². The molecule has 24 heavy (non-hydrogen) atoms. The van der Waals surface area contributed by atoms with Gasteiger partial charge in [0.05, 0.1) is 10.4 Å². The highest BCUT2D eigenvalue weighted by atomic mass is 35.5. The molecule has 1 heterocycles. The molecule has 0 aromatic heterocycles. The Morgan fingerprint density at radius 1 is 1.21 bits per heavy atom. The minimum absolute atomic E-state index is 0.111. The molecule has 132 valence electrons. The maximum absolute atomic E-state index is 12.7. The minimum atomic E-state index is -3.63. The van der Waals surface area contributed by atoms with Crippen LogP contribution in [0, 0.1) is 5.41 Å². The normalized spacial score (nSPS) is 21.4. The number of nitrogens with zero attached hydrogens (tertiary/aromatic N) is 2. The molecule has 0 unspecified atom stereocenters. The predicted molar refractivity (Wildman–Crippen MR) is 89.8 cm³/mol. The quantitative estimate of drug-likeness (QED) is 0.793. The predicted octanol–water partition coefficient (Wildman–Crippen LogP) is 2.29. The summed E-state index contributed by atoms with van der Waals surface area (Å²) in [6.45, 7) is 3.23. The Balaban J connectivity index is 1.61. The molecule has 1 aromatic rings. The van der Waals surface area contributed by atoms with Gasteiger partial charge in [-0.1, -0.05) is 30.7 Å². The molecule has 6 nitrogen and oxygen atoms in total. The van der Waals surface area contributed by atoms with Crippen molar-refractivity contribution in [2.75, 3.05) is 26.2 Å². The fraction of sp³-hybridized carbons (Fsp3) is 0.562. The van der Waals surface area contributed by atoms with Crippen LogP contribution in [-0.2, 0) is 19.7 Å². The molecule has 3 rings (SSSR count). The van der Waals surface area contributed by atoms with Crippen molar-refractivity contribution >= 4 is 27.6 Å². The summed E-state index contributed by atoms with van der Waals surface area (Å²) < 4.78 is 26.7. The van der Waals surface area contributed by atoms with Crippen LogP contribution in [0.25, 0.3) is 0 Å². The number of carbonyl (C=O) groups is 1. The van der Waals surface area contributed by atoms with Crippen molar-refractivity contribution in [2.45, 2.75) is 31.1 Å². The van der Waals surface area contributed by atoms with E-state index < -0.39 is 10.0 Å². The molecule has 2 fully saturated rings. The van der Waals surface area contributed by atoms with Crippen LogP contribution in [0.3, 0.4) is 0 Å². The highest BCUT2D eigenvalue weighted by Crippen LogP contribution is 2.49. The van der Waals surface area contributed by atoms with Crippen LogP contribution in [0.15, 0.2) is 29.2 Å². The first kappa shape index (κ1) is 17.7. The zero-order valence-corrected chi connectivity index (χ0v) is 15.1. The zero-order valence-electron chi connectivity index (χ0n) is 13.6. The summed E-state index contributed by atoms with van der Waals surface area (Å²) in [4.78, 5) is 17.7. The molecule has 0 spiro atoms. The van der Waals surface area contributed by atoms with Gasteiger partial charge in [0.2, 0.25) is 10.0 Å². The van der Waals surface area contributed by atoms with Gasteiger partial charge in [0, 0.05) is 26.2 Å². The average Bonchev–Trinajstić information content (AvgIpc) is 3.37. The lowest BCUT2D eigenvalue weighted by Gasteiger charge is -2.33. The van der Waals surface area contributed by atoms with Crippen LogP contribution in [0.2, 0.25) is 5.02 Å². The van der Waals surface area contributed by atoms with Gasteiger partial charge in [-0.2, -0.15) is 4.31 Å². The lowest BCUT2D eigenvalue weighted by Crippen LogP contribution is -2.49. The second-order valence-electron chi connectivity index (χ2n) is 6.28. The first-order valence-corrected chi connectivity index (χ1v) is 9.93. The number of halogens is 1. The molecule has 2 aliphatic rings. The molecule has 8 heteroatoms. The smallest absolute Gasteiger partial charge is 0.331 e. The third-order valence-corrected chi connectivity index (χ3v) is 7.23. The molecule has 1 saturated carbocycles. The van der Waals surface area contributed by atoms with E-state index in [-0.39, 0.29) is 34.4 Å². The molecule has 1 aliphatic carbocycles. The van der Waals surface area contributed by atoms with E-state index in [0.717, 1.165) is 19.3 Å². The maximum atomic E-state index is 12.7. The van der Waals surface area contributed by atoms with E-state index in [0.29, 0.717) is 13.1 Å². The first-order chi connectivity index (χ1) is 11.4. The number of benzene rings is 1. The van der Waals surface area contributed by atoms with Crippen molar-refractivity contribution in [1.82, 2.24) is 9.37 Å². The summed E-state index contributed by atoms with van der Waals surface area (Å²) in [5, 5.41) is 1.78. The lowest BCUT2D eigenvalue weighted by atomic mass is 10.1. The van der Waals surface area contributed by atoms with Crippen molar-refractivity contribution < 1.29 is 18.0 Å². The largest absolute Gasteiger partial charge is 0.367 e. The number of rotatable bonds is 5. The molecule has 1 saturated heterocycles. The van der Waals surface area contributed by atoms with E-state index in [1.165, 1.54) is 10.4 Å². The van der Waals surface area contributed by atoms with Gasteiger partial charge < -0.3 is 4.84 Å². The van der Waals surface area contributed by atoms with E-state index in [1.807, 2.05) is 6.92 Å². The van der Waals surface area contributed by atoms with Crippen molar-refractivity contribution in [3.8, 4) is 0 Å². The summed E-state index contributed by atoms with van der Waals surface area (Å²) in [5.41, 5.74) is -0.305. The third kappa shape index (κ3) is 3.31. The van der Waals surface area contributed by atoms with E-state index in [4.69, 9.17) is 16.4 Å². The topological polar surface area (TPSA) is 66.9 Å². The van der Waals surface area contributed by atoms with Gasteiger partial charge in [-0.05, 0) is 31.4 Å². The Bertz CT molecular complexity index is 725. The molecular formula is C16H21ClN2O4S. The van der Waals surface area contributed by atoms with Crippen molar-refractivity contribution in [3.05, 3.63) is 29.3 Å². The van der Waals surface area contributed by atoms with Crippen LogP contribution >= 0.6 is 11.6 Å². The Kier molecular flexibility index (Phi) is 4.88. The Hall–Kier alpha value is -1.15. The number of sulfonamides is 1. The number of carbonyl (C=O) groups excluding carboxylic acids is 1. The van der Waals surface area contributed by atoms with Gasteiger partial charge in [0.1, 0.15) is 4.90 Å². The van der Waals surface area contributed by atoms with E-state index >= 15 is 0 Å². The molecule has 0 atom stereocenters. The number of piperazine rings is 1. The van der Waals surface area contributed by atoms with Gasteiger partial charge in [0.25, 0.3) is 0 Å². The summed E-state index contributed by atoms with van der Waals surface area (Å²) in [7, 11) is -3.63. The van der Waals surface area contributed by atoms with E-state index in [9.17, 15) is 13.2 Å². The van der Waals surface area contributed by atoms with Crippen LogP contribution in [0.5, 0.6) is 0 Å². The van der Waals surface area contributed by atoms with Gasteiger partial charge in [-0.25, -0.2) is 13.2 Å². The van der Waals surface area contributed by atoms with Gasteiger partial charge in [-0.3, -0.25) is 0 Å². The van der Waals surface area contributed by atoms with E-state index in [1.54, 1.807) is 23.3 Å². The standard InChI is InChI=1S/C16H21ClN2O4S/c1-2-16(7-8-16)15(20)23-18-9-11-19(12-10-18)24(21,22)14-6-4-3-5-13(14)17/h3-6H,2,7-12H2,1H3. The van der Waals surface area contributed by atoms with Crippen LogP contribution in [-0.4, -0.2) is 49.9 Å². The Morgan fingerprint density at radius 2 is 1.83 bits per heavy atom. The second kappa shape index (κ2) is 6.63. The van der Waals surface area contributed by atoms with Crippen molar-refractivity contribution in [1.29, 1.82) is 0 Å². The maximum Gasteiger partial charge on any atom is 0.331 e. The van der Waals surface area contributed by atoms with Gasteiger partial charge >= 0.3 is 5.97 Å². The summed E-state index contributed by atoms with van der Waals surface area (Å²) in [6.07, 6.45) is 2.54. The Morgan fingerprint density at radius 3 is 2.38 bits per heavy atom. The molecule has 0 amide bonds. The minimum Gasteiger partial charge on any atom is -0.367 e. The number of hydroxylamine groups is 2. The second-order valence-corrected chi connectivity index (χ2v) is 8.59. The zero-order chi connectivity index (χ0) is 17.4. The molecule has 0 radical (unpaired) electrons. The molecule has 0 N–H and O–H groups in total. The molecule has 0 bridgehead atoms.